The molecule has 0 fully saturated rings. The van der Waals surface area contributed by atoms with E-state index in [4.69, 9.17) is 11.6 Å². The first kappa shape index (κ1) is 15.5. The normalized spacial score (nSPS) is 11.6. The Labute approximate surface area is 137 Å². The molecule has 2 heterocycles. The summed E-state index contributed by atoms with van der Waals surface area (Å²) < 4.78 is 31.0. The van der Waals surface area contributed by atoms with Gasteiger partial charge in [0.15, 0.2) is 5.65 Å². The van der Waals surface area contributed by atoms with Gasteiger partial charge < -0.3 is 4.74 Å². The average molecular weight is 351 g/mol. The van der Waals surface area contributed by atoms with Crippen LogP contribution in [-0.2, 0) is 14.8 Å². The van der Waals surface area contributed by atoms with E-state index in [9.17, 15) is 13.2 Å². The number of aromatic nitrogens is 2. The smallest absolute Gasteiger partial charge is 0.340 e. The second kappa shape index (κ2) is 5.68. The zero-order chi connectivity index (χ0) is 16.6. The van der Waals surface area contributed by atoms with Gasteiger partial charge in [-0.3, -0.25) is 0 Å². The van der Waals surface area contributed by atoms with Crippen molar-refractivity contribution in [2.24, 2.45) is 0 Å². The van der Waals surface area contributed by atoms with Crippen LogP contribution in [0.1, 0.15) is 10.4 Å². The number of benzene rings is 1. The number of nitrogens with zero attached hydrogens (tertiary/aromatic N) is 2. The summed E-state index contributed by atoms with van der Waals surface area (Å²) in [7, 11) is -2.57. The highest BCUT2D eigenvalue weighted by Gasteiger charge is 2.22. The minimum atomic E-state index is -3.80. The first-order chi connectivity index (χ1) is 11.0. The van der Waals surface area contributed by atoms with Crippen molar-refractivity contribution >= 4 is 38.6 Å². The molecule has 23 heavy (non-hydrogen) atoms. The summed E-state index contributed by atoms with van der Waals surface area (Å²) in [5, 5.41) is 0.456. The van der Waals surface area contributed by atoms with Gasteiger partial charge in [-0.05, 0) is 18.2 Å². The Kier molecular flexibility index (Phi) is 3.83. The number of carbonyl (C=O) groups is 1. The Morgan fingerprint density at radius 1 is 1.22 bits per heavy atom. The van der Waals surface area contributed by atoms with Gasteiger partial charge in [0.1, 0.15) is 0 Å². The van der Waals surface area contributed by atoms with Gasteiger partial charge in [-0.1, -0.05) is 29.8 Å². The molecule has 2 aromatic heterocycles. The summed E-state index contributed by atoms with van der Waals surface area (Å²) in [6, 6.07) is 9.47. The lowest BCUT2D eigenvalue weighted by molar-refractivity contribution is 0.0600. The van der Waals surface area contributed by atoms with Crippen LogP contribution in [0.2, 0.25) is 5.02 Å². The van der Waals surface area contributed by atoms with Crippen LogP contribution >= 0.6 is 11.6 Å². The van der Waals surface area contributed by atoms with Gasteiger partial charge >= 0.3 is 5.97 Å². The molecule has 3 aromatic rings. The quantitative estimate of drug-likeness (QED) is 0.679. The maximum absolute atomic E-state index is 12.7. The molecule has 0 saturated carbocycles. The first-order valence-electron chi connectivity index (χ1n) is 6.51. The fourth-order valence-corrected chi connectivity index (χ4v) is 3.78. The second-order valence-corrected chi connectivity index (χ2v) is 6.84. The van der Waals surface area contributed by atoms with Crippen molar-refractivity contribution in [2.45, 2.75) is 4.90 Å². The van der Waals surface area contributed by atoms with Crippen LogP contribution in [0, 0.1) is 0 Å². The fraction of sp³-hybridized carbons (Fsp3) is 0.0667. The topological polar surface area (TPSA) is 78.3 Å². The Hall–Kier alpha value is -2.38. The molecule has 8 heteroatoms. The third-order valence-electron chi connectivity index (χ3n) is 3.32. The van der Waals surface area contributed by atoms with Gasteiger partial charge in [-0.2, -0.15) is 0 Å². The molecule has 118 valence electrons. The van der Waals surface area contributed by atoms with Gasteiger partial charge in [0.25, 0.3) is 10.0 Å². The maximum atomic E-state index is 12.7. The summed E-state index contributed by atoms with van der Waals surface area (Å²) in [5.41, 5.74) is 0.225. The molecule has 0 bridgehead atoms. The van der Waals surface area contributed by atoms with Crippen LogP contribution < -0.4 is 0 Å². The van der Waals surface area contributed by atoms with Crippen molar-refractivity contribution in [1.29, 1.82) is 0 Å². The highest BCUT2D eigenvalue weighted by Crippen LogP contribution is 2.29. The average Bonchev–Trinajstić information content (AvgIpc) is 3.01. The Morgan fingerprint density at radius 2 is 1.91 bits per heavy atom. The first-order valence-corrected chi connectivity index (χ1v) is 8.33. The third kappa shape index (κ3) is 2.47. The molecule has 0 amide bonds. The standard InChI is InChI=1S/C15H11ClN2O4S/c1-22-15(19)12-9-17-14-11(13(12)16)7-8-18(14)23(20,21)10-5-3-2-4-6-10/h2-9H,1H3. The van der Waals surface area contributed by atoms with Crippen LogP contribution in [-0.4, -0.2) is 30.5 Å². The van der Waals surface area contributed by atoms with Crippen LogP contribution in [0.3, 0.4) is 0 Å². The molecule has 0 aliphatic heterocycles. The fourth-order valence-electron chi connectivity index (χ4n) is 2.18. The summed E-state index contributed by atoms with van der Waals surface area (Å²) in [6.45, 7) is 0. The van der Waals surface area contributed by atoms with Gasteiger partial charge in [-0.15, -0.1) is 0 Å². The summed E-state index contributed by atoms with van der Waals surface area (Å²) in [4.78, 5) is 15.8. The molecule has 3 rings (SSSR count). The molecule has 0 aliphatic carbocycles. The highest BCUT2D eigenvalue weighted by atomic mass is 35.5. The number of fused-ring (bicyclic) bond motifs is 1. The number of halogens is 1. The Morgan fingerprint density at radius 3 is 2.57 bits per heavy atom. The Balaban J connectivity index is 2.22. The maximum Gasteiger partial charge on any atom is 0.340 e. The summed E-state index contributed by atoms with van der Waals surface area (Å²) in [5.74, 6) is -0.636. The molecule has 0 spiro atoms. The number of hydrogen-bond acceptors (Lipinski definition) is 5. The van der Waals surface area contributed by atoms with Crippen LogP contribution in [0.25, 0.3) is 11.0 Å². The minimum absolute atomic E-state index is 0.0801. The molecule has 6 nitrogen and oxygen atoms in total. The highest BCUT2D eigenvalue weighted by molar-refractivity contribution is 7.90. The van der Waals surface area contributed by atoms with Crippen molar-refractivity contribution in [3.8, 4) is 0 Å². The number of rotatable bonds is 3. The number of hydrogen-bond donors (Lipinski definition) is 0. The summed E-state index contributed by atoms with van der Waals surface area (Å²) in [6.07, 6.45) is 2.56. The number of esters is 1. The molecule has 0 N–H and O–H groups in total. The molecular weight excluding hydrogens is 340 g/mol. The Bertz CT molecular complexity index is 997. The van der Waals surface area contributed by atoms with Crippen molar-refractivity contribution in [1.82, 2.24) is 8.96 Å². The van der Waals surface area contributed by atoms with Crippen LogP contribution in [0.4, 0.5) is 0 Å². The predicted octanol–water partition coefficient (Wildman–Crippen LogP) is 2.71. The molecule has 0 unspecified atom stereocenters. The molecule has 0 atom stereocenters. The van der Waals surface area contributed by atoms with E-state index in [2.05, 4.69) is 9.72 Å². The van der Waals surface area contributed by atoms with E-state index in [0.717, 1.165) is 3.97 Å². The van der Waals surface area contributed by atoms with Crippen molar-refractivity contribution in [3.05, 3.63) is 59.4 Å². The van der Waals surface area contributed by atoms with E-state index in [1.54, 1.807) is 18.2 Å². The lowest BCUT2D eigenvalue weighted by Crippen LogP contribution is -2.12. The predicted molar refractivity (Wildman–Crippen MR) is 85.1 cm³/mol. The monoisotopic (exact) mass is 350 g/mol. The molecule has 0 radical (unpaired) electrons. The van der Waals surface area contributed by atoms with Crippen molar-refractivity contribution < 1.29 is 17.9 Å². The van der Waals surface area contributed by atoms with Gasteiger partial charge in [0.05, 0.1) is 22.6 Å². The van der Waals surface area contributed by atoms with Crippen molar-refractivity contribution in [3.63, 3.8) is 0 Å². The van der Waals surface area contributed by atoms with E-state index in [1.807, 2.05) is 0 Å². The SMILES string of the molecule is COC(=O)c1cnc2c(ccn2S(=O)(=O)c2ccccc2)c1Cl. The lowest BCUT2D eigenvalue weighted by atomic mass is 10.2. The molecule has 1 aromatic carbocycles. The number of pyridine rings is 1. The van der Waals surface area contributed by atoms with E-state index in [0.29, 0.717) is 5.39 Å². The van der Waals surface area contributed by atoms with Crippen LogP contribution in [0.15, 0.2) is 53.7 Å². The van der Waals surface area contributed by atoms with Gasteiger partial charge in [0.2, 0.25) is 0 Å². The number of methoxy groups -OCH3 is 1. The lowest BCUT2D eigenvalue weighted by Gasteiger charge is -2.08. The van der Waals surface area contributed by atoms with E-state index in [-0.39, 0.29) is 21.1 Å². The largest absolute Gasteiger partial charge is 0.465 e. The van der Waals surface area contributed by atoms with Gasteiger partial charge in [0, 0.05) is 17.8 Å². The van der Waals surface area contributed by atoms with Crippen molar-refractivity contribution in [2.75, 3.05) is 7.11 Å². The number of ether oxygens (including phenoxy) is 1. The zero-order valence-corrected chi connectivity index (χ0v) is 13.5. The third-order valence-corrected chi connectivity index (χ3v) is 5.41. The second-order valence-electron chi connectivity index (χ2n) is 4.64. The van der Waals surface area contributed by atoms with E-state index in [1.165, 1.54) is 37.7 Å². The van der Waals surface area contributed by atoms with Crippen LogP contribution in [0.5, 0.6) is 0 Å². The minimum Gasteiger partial charge on any atom is -0.465 e. The van der Waals surface area contributed by atoms with E-state index >= 15 is 0 Å². The molecule has 0 saturated heterocycles. The van der Waals surface area contributed by atoms with E-state index < -0.39 is 16.0 Å². The van der Waals surface area contributed by atoms with Gasteiger partial charge in [-0.25, -0.2) is 22.2 Å². The molecule has 0 aliphatic rings. The zero-order valence-electron chi connectivity index (χ0n) is 11.9. The number of carbonyl (C=O) groups excluding carboxylic acids is 1. The summed E-state index contributed by atoms with van der Waals surface area (Å²) >= 11 is 6.18. The molecular formula is C15H11ClN2O4S.